The summed E-state index contributed by atoms with van der Waals surface area (Å²) in [5, 5.41) is 2.09. The van der Waals surface area contributed by atoms with Crippen LogP contribution in [0.5, 0.6) is 11.5 Å². The molecule has 40 heavy (non-hydrogen) atoms. The second-order valence-electron chi connectivity index (χ2n) is 8.25. The van der Waals surface area contributed by atoms with Gasteiger partial charge in [-0.25, -0.2) is 14.6 Å². The van der Waals surface area contributed by atoms with Crippen LogP contribution in [0.15, 0.2) is 62.4 Å². The molecule has 0 spiro atoms. The minimum Gasteiger partial charge on any atom is -0.493 e. The van der Waals surface area contributed by atoms with E-state index >= 15 is 0 Å². The first-order valence-electron chi connectivity index (χ1n) is 11.7. The van der Waals surface area contributed by atoms with E-state index in [0.29, 0.717) is 60.9 Å². The van der Waals surface area contributed by atoms with Crippen molar-refractivity contribution in [3.05, 3.63) is 75.4 Å². The maximum absolute atomic E-state index is 12.0. The number of nitrogens with one attached hydrogen (secondary N) is 1. The number of nitrogens with zero attached hydrogens (tertiary/aromatic N) is 1. The molecule has 2 aromatic carbocycles. The lowest BCUT2D eigenvalue weighted by Crippen LogP contribution is -2.06. The number of hydrogen-bond donors (Lipinski definition) is 1. The van der Waals surface area contributed by atoms with Crippen LogP contribution in [-0.2, 0) is 9.47 Å². The number of H-pyrrole nitrogens is 1. The summed E-state index contributed by atoms with van der Waals surface area (Å²) in [7, 11) is 5.62. The van der Waals surface area contributed by atoms with Crippen molar-refractivity contribution in [2.75, 3.05) is 28.4 Å². The molecule has 1 N–H and O–H groups in total. The van der Waals surface area contributed by atoms with Crippen LogP contribution in [0.1, 0.15) is 20.7 Å². The Balaban J connectivity index is 0.000000161. The topological polar surface area (TPSA) is 143 Å². The number of rotatable bonds is 4. The predicted octanol–water partition coefficient (Wildman–Crippen LogP) is 5.50. The summed E-state index contributed by atoms with van der Waals surface area (Å²) < 4.78 is 31.4. The fraction of sp³-hybridized carbons (Fsp3) is 0.143. The molecule has 0 aliphatic rings. The molecule has 4 heterocycles. The van der Waals surface area contributed by atoms with E-state index in [0.717, 1.165) is 0 Å². The molecular formula is C28H21ClN2O9. The van der Waals surface area contributed by atoms with Crippen molar-refractivity contribution in [2.24, 2.45) is 0 Å². The van der Waals surface area contributed by atoms with Gasteiger partial charge in [-0.05, 0) is 36.4 Å². The number of carbonyl (C=O) groups is 2. The fourth-order valence-corrected chi connectivity index (χ4v) is 4.69. The van der Waals surface area contributed by atoms with E-state index in [-0.39, 0.29) is 16.3 Å². The molecule has 0 fully saturated rings. The average molecular weight is 565 g/mol. The Kier molecular flexibility index (Phi) is 7.05. The zero-order valence-corrected chi connectivity index (χ0v) is 22.4. The largest absolute Gasteiger partial charge is 0.493 e. The summed E-state index contributed by atoms with van der Waals surface area (Å²) in [6.45, 7) is 0. The maximum Gasteiger partial charge on any atom is 0.338 e. The number of halogens is 1. The quantitative estimate of drug-likeness (QED) is 0.215. The van der Waals surface area contributed by atoms with E-state index in [1.165, 1.54) is 40.8 Å². The minimum absolute atomic E-state index is 0.263. The second-order valence-corrected chi connectivity index (χ2v) is 8.61. The number of aromatic nitrogens is 2. The predicted molar refractivity (Wildman–Crippen MR) is 147 cm³/mol. The fourth-order valence-electron chi connectivity index (χ4n) is 4.44. The number of hydrogen-bond acceptors (Lipinski definition) is 10. The molecule has 0 unspecified atom stereocenters. The van der Waals surface area contributed by atoms with Crippen molar-refractivity contribution in [3.63, 3.8) is 0 Å². The van der Waals surface area contributed by atoms with Crippen molar-refractivity contribution in [2.45, 2.75) is 0 Å². The van der Waals surface area contributed by atoms with Gasteiger partial charge in [0.25, 0.3) is 5.56 Å². The molecule has 204 valence electrons. The van der Waals surface area contributed by atoms with Gasteiger partial charge < -0.3 is 32.8 Å². The van der Waals surface area contributed by atoms with E-state index in [1.54, 1.807) is 36.4 Å². The third kappa shape index (κ3) is 4.26. The highest BCUT2D eigenvalue weighted by molar-refractivity contribution is 6.37. The van der Waals surface area contributed by atoms with Crippen molar-refractivity contribution in [1.29, 1.82) is 0 Å². The first kappa shape index (κ1) is 26.6. The zero-order valence-electron chi connectivity index (χ0n) is 21.6. The Morgan fingerprint density at radius 3 is 1.80 bits per heavy atom. The SMILES string of the molecule is COC(=O)c1ccc(OC)c2oc3cc[nH]c(=O)c3c12.COC(=O)c1ccc(OC)c2oc3ccnc(Cl)c3c12. The van der Waals surface area contributed by atoms with E-state index < -0.39 is 11.9 Å². The number of furan rings is 2. The standard InChI is InChI=1S/C14H10ClNO4.C14H11NO5/c1-18-9-4-3-7(14(17)19-2)10-11-8(20-12(9)10)5-6-16-13(11)15;1-18-9-4-3-7(14(17)19-2)10-11-8(20-12(9)10)5-6-15-13(11)16/h3-6H,1-2H3;3-6H,1-2H3,(H,15,16). The molecule has 0 amide bonds. The number of methoxy groups -OCH3 is 4. The molecule has 4 aromatic heterocycles. The Bertz CT molecular complexity index is 1990. The number of pyridine rings is 2. The zero-order chi connectivity index (χ0) is 28.6. The molecule has 0 saturated carbocycles. The lowest BCUT2D eigenvalue weighted by atomic mass is 10.1. The molecule has 6 rings (SSSR count). The highest BCUT2D eigenvalue weighted by Crippen LogP contribution is 2.39. The molecule has 0 aliphatic heterocycles. The molecule has 0 saturated heterocycles. The van der Waals surface area contributed by atoms with Crippen LogP contribution in [0.3, 0.4) is 0 Å². The highest BCUT2D eigenvalue weighted by atomic mass is 35.5. The van der Waals surface area contributed by atoms with Gasteiger partial charge in [0.05, 0.1) is 55.7 Å². The molecule has 0 atom stereocenters. The molecular weight excluding hydrogens is 544 g/mol. The van der Waals surface area contributed by atoms with E-state index in [2.05, 4.69) is 9.97 Å². The molecule has 6 aromatic rings. The van der Waals surface area contributed by atoms with Crippen molar-refractivity contribution < 1.29 is 37.4 Å². The van der Waals surface area contributed by atoms with Gasteiger partial charge in [0, 0.05) is 17.8 Å². The minimum atomic E-state index is -0.538. The van der Waals surface area contributed by atoms with Gasteiger partial charge in [-0.2, -0.15) is 0 Å². The summed E-state index contributed by atoms with van der Waals surface area (Å²) in [5.74, 6) is -0.0490. The Morgan fingerprint density at radius 1 is 0.750 bits per heavy atom. The number of benzene rings is 2. The van der Waals surface area contributed by atoms with Gasteiger partial charge in [0.1, 0.15) is 16.3 Å². The van der Waals surface area contributed by atoms with Crippen molar-refractivity contribution in [3.8, 4) is 11.5 Å². The molecule has 0 aliphatic carbocycles. The molecule has 12 heteroatoms. The summed E-state index contributed by atoms with van der Waals surface area (Å²) in [6.07, 6.45) is 3.02. The monoisotopic (exact) mass is 564 g/mol. The van der Waals surface area contributed by atoms with Gasteiger partial charge in [-0.15, -0.1) is 0 Å². The van der Waals surface area contributed by atoms with Crippen LogP contribution < -0.4 is 15.0 Å². The lowest BCUT2D eigenvalue weighted by molar-refractivity contribution is 0.0594. The molecule has 11 nitrogen and oxygen atoms in total. The van der Waals surface area contributed by atoms with Gasteiger partial charge in [-0.1, -0.05) is 11.6 Å². The number of carbonyl (C=O) groups excluding carboxylic acids is 2. The van der Waals surface area contributed by atoms with Crippen LogP contribution in [0.4, 0.5) is 0 Å². The maximum atomic E-state index is 12.0. The van der Waals surface area contributed by atoms with Gasteiger partial charge in [0.15, 0.2) is 22.7 Å². The summed E-state index contributed by atoms with van der Waals surface area (Å²) in [4.78, 5) is 42.4. The smallest absolute Gasteiger partial charge is 0.338 e. The Labute approximate surface area is 230 Å². The van der Waals surface area contributed by atoms with Crippen LogP contribution in [0.2, 0.25) is 5.15 Å². The van der Waals surface area contributed by atoms with E-state index in [4.69, 9.17) is 39.4 Å². The van der Waals surface area contributed by atoms with Crippen molar-refractivity contribution in [1.82, 2.24) is 9.97 Å². The second kappa shape index (κ2) is 10.6. The van der Waals surface area contributed by atoms with Gasteiger partial charge >= 0.3 is 11.9 Å². The summed E-state index contributed by atoms with van der Waals surface area (Å²) in [5.41, 5.74) is 2.01. The number of fused-ring (bicyclic) bond motifs is 6. The normalized spacial score (nSPS) is 10.9. The van der Waals surface area contributed by atoms with Gasteiger partial charge in [-0.3, -0.25) is 4.79 Å². The van der Waals surface area contributed by atoms with Crippen LogP contribution >= 0.6 is 11.6 Å². The first-order valence-corrected chi connectivity index (χ1v) is 12.0. The number of aromatic amines is 1. The summed E-state index contributed by atoms with van der Waals surface area (Å²) >= 11 is 6.13. The van der Waals surface area contributed by atoms with Crippen molar-refractivity contribution >= 4 is 67.4 Å². The van der Waals surface area contributed by atoms with Gasteiger partial charge in [0.2, 0.25) is 0 Å². The lowest BCUT2D eigenvalue weighted by Gasteiger charge is -2.04. The van der Waals surface area contributed by atoms with Crippen LogP contribution in [0.25, 0.3) is 43.9 Å². The third-order valence-electron chi connectivity index (χ3n) is 6.21. The van der Waals surface area contributed by atoms with Crippen LogP contribution in [-0.4, -0.2) is 50.3 Å². The number of ether oxygens (including phenoxy) is 4. The molecule has 0 bridgehead atoms. The Morgan fingerprint density at radius 2 is 1.27 bits per heavy atom. The number of esters is 2. The van der Waals surface area contributed by atoms with E-state index in [1.807, 2.05) is 0 Å². The third-order valence-corrected chi connectivity index (χ3v) is 6.49. The average Bonchev–Trinajstić information content (AvgIpc) is 3.57. The molecule has 0 radical (unpaired) electrons. The Hall–Kier alpha value is -5.03. The highest BCUT2D eigenvalue weighted by Gasteiger charge is 2.23. The first-order chi connectivity index (χ1) is 19.3. The van der Waals surface area contributed by atoms with Crippen LogP contribution in [0, 0.1) is 0 Å². The van der Waals surface area contributed by atoms with E-state index in [9.17, 15) is 14.4 Å². The summed E-state index contributed by atoms with van der Waals surface area (Å²) in [6, 6.07) is 9.72.